The van der Waals surface area contributed by atoms with Crippen molar-refractivity contribution in [1.29, 1.82) is 5.26 Å². The highest BCUT2D eigenvalue weighted by molar-refractivity contribution is 6.29. The highest BCUT2D eigenvalue weighted by atomic mass is 15.1. The molecule has 91 heavy (non-hydrogen) atoms. The number of nitrogens with zero attached hydrogens (tertiary/aromatic N) is 3. The van der Waals surface area contributed by atoms with E-state index >= 15 is 0 Å². The molecule has 0 N–H and O–H groups in total. The molecule has 0 saturated heterocycles. The first-order chi connectivity index (χ1) is 45.1. The van der Waals surface area contributed by atoms with E-state index in [9.17, 15) is 5.26 Å². The van der Waals surface area contributed by atoms with Crippen LogP contribution < -0.4 is 4.90 Å². The summed E-state index contributed by atoms with van der Waals surface area (Å²) in [7, 11) is 0. The van der Waals surface area contributed by atoms with Crippen molar-refractivity contribution in [2.45, 2.75) is 0 Å². The van der Waals surface area contributed by atoms with E-state index in [1.54, 1.807) is 0 Å². The lowest BCUT2D eigenvalue weighted by Crippen LogP contribution is -2.10. The molecule has 0 amide bonds. The Kier molecular flexibility index (Phi) is 11.7. The molecule has 2 aliphatic carbocycles. The summed E-state index contributed by atoms with van der Waals surface area (Å²) in [5.41, 5.74) is 22.5. The van der Waals surface area contributed by atoms with Gasteiger partial charge in [0.15, 0.2) is 0 Å². The lowest BCUT2D eigenvalue weighted by Gasteiger charge is -2.27. The van der Waals surface area contributed by atoms with Gasteiger partial charge in [0.05, 0.1) is 17.8 Å². The molecule has 0 saturated carbocycles. The summed E-state index contributed by atoms with van der Waals surface area (Å²) in [5.74, 6) is 0. The molecular weight excluding hydrogens is 1100 g/mol. The number of nitriles is 1. The SMILES string of the molecule is [C-]#[N+]c1c2ccccc2c(C#N)c2ccc(-c3ccc4cc(N(c5ccccc5)c5cccc6ccccc56)ccc4c3)cc12.c1ccc2c(c1)-c1cccc3c(-c4c5ccccc5c(-c5ccc6c7c(cccc57)-c5ccccc5-6)c5ccccc45)ccc-2c13. The third-order valence-electron chi connectivity index (χ3n) is 19.2. The number of rotatable bonds is 6. The van der Waals surface area contributed by atoms with Gasteiger partial charge in [-0.15, -0.1) is 0 Å². The van der Waals surface area contributed by atoms with Gasteiger partial charge < -0.3 is 4.90 Å². The van der Waals surface area contributed by atoms with Crippen LogP contribution in [-0.4, -0.2) is 0 Å². The van der Waals surface area contributed by atoms with Gasteiger partial charge >= 0.3 is 0 Å². The van der Waals surface area contributed by atoms with Crippen molar-refractivity contribution in [3.63, 3.8) is 0 Å². The minimum absolute atomic E-state index is 0.585. The standard InChI is InChI=1S/C46H26.C42H25N3/c1-3-13-29-27(11-1)31-19-9-21-37-41(25-23-39(29)43(31)37)45-33-15-5-7-17-35(33)46(36-18-8-6-16-34(36)45)42-26-24-40-30-14-4-2-12-28(30)32-20-10-22-38(42)44(32)40;1-44-42-38-16-8-7-15-36(38)40(27-43)37-23-21-32(26-39(37)42)29-18-19-31-25-34(22-20-30(31)24-29)45(33-12-3-2-4-13-33)41-17-9-11-28-10-5-6-14-35(28)41/h1-26H;2-26H. The summed E-state index contributed by atoms with van der Waals surface area (Å²) in [6, 6.07) is 114. The number of benzene rings is 17. The molecule has 17 aromatic rings. The molecule has 0 atom stereocenters. The third kappa shape index (κ3) is 7.92. The summed E-state index contributed by atoms with van der Waals surface area (Å²) in [6.45, 7) is 7.98. The number of hydrogen-bond acceptors (Lipinski definition) is 2. The van der Waals surface area contributed by atoms with E-state index in [2.05, 4.69) is 289 Å². The van der Waals surface area contributed by atoms with Crippen LogP contribution in [0.25, 0.3) is 169 Å². The first-order valence-electron chi connectivity index (χ1n) is 31.0. The average Bonchev–Trinajstić information content (AvgIpc) is 1.70. The van der Waals surface area contributed by atoms with E-state index in [0.717, 1.165) is 60.5 Å². The van der Waals surface area contributed by atoms with Crippen molar-refractivity contribution in [1.82, 2.24) is 0 Å². The Morgan fingerprint density at radius 3 is 1.27 bits per heavy atom. The van der Waals surface area contributed by atoms with Crippen LogP contribution in [0.4, 0.5) is 22.7 Å². The molecule has 418 valence electrons. The monoisotopic (exact) mass is 1150 g/mol. The van der Waals surface area contributed by atoms with Gasteiger partial charge in [-0.25, -0.2) is 4.85 Å². The average molecular weight is 1150 g/mol. The molecule has 0 heterocycles. The Morgan fingerprint density at radius 2 is 0.692 bits per heavy atom. The maximum Gasteiger partial charge on any atom is 0.202 e. The maximum absolute atomic E-state index is 10.0. The maximum atomic E-state index is 10.0. The van der Waals surface area contributed by atoms with Crippen LogP contribution in [0.5, 0.6) is 0 Å². The fourth-order valence-corrected chi connectivity index (χ4v) is 15.3. The van der Waals surface area contributed by atoms with Crippen molar-refractivity contribution in [2.24, 2.45) is 0 Å². The molecule has 0 aromatic heterocycles. The largest absolute Gasteiger partial charge is 0.310 e. The van der Waals surface area contributed by atoms with Crippen LogP contribution in [0.3, 0.4) is 0 Å². The Bertz CT molecular complexity index is 5750. The second-order valence-electron chi connectivity index (χ2n) is 23.9. The summed E-state index contributed by atoms with van der Waals surface area (Å²) in [4.78, 5) is 6.24. The summed E-state index contributed by atoms with van der Waals surface area (Å²) >= 11 is 0. The lowest BCUT2D eigenvalue weighted by molar-refractivity contribution is 1.30. The van der Waals surface area contributed by atoms with Crippen LogP contribution in [0, 0.1) is 17.9 Å². The molecule has 2 aliphatic rings. The summed E-state index contributed by atoms with van der Waals surface area (Å²) in [6.07, 6.45) is 0. The van der Waals surface area contributed by atoms with Gasteiger partial charge in [0.25, 0.3) is 0 Å². The second-order valence-corrected chi connectivity index (χ2v) is 23.9. The van der Waals surface area contributed by atoms with Crippen LogP contribution in [-0.2, 0) is 0 Å². The Hall–Kier alpha value is -12.4. The molecule has 0 spiro atoms. The molecule has 19 rings (SSSR count). The molecule has 0 unspecified atom stereocenters. The highest BCUT2D eigenvalue weighted by Gasteiger charge is 2.28. The van der Waals surface area contributed by atoms with Crippen molar-refractivity contribution in [2.75, 3.05) is 4.90 Å². The van der Waals surface area contributed by atoms with Gasteiger partial charge in [0.2, 0.25) is 5.69 Å². The molecule has 3 nitrogen and oxygen atoms in total. The number of anilines is 3. The topological polar surface area (TPSA) is 31.4 Å². The Morgan fingerprint density at radius 1 is 0.275 bits per heavy atom. The first kappa shape index (κ1) is 51.8. The van der Waals surface area contributed by atoms with Crippen LogP contribution in [0.15, 0.2) is 309 Å². The predicted molar refractivity (Wildman–Crippen MR) is 384 cm³/mol. The fraction of sp³-hybridized carbons (Fsp3) is 0. The first-order valence-corrected chi connectivity index (χ1v) is 31.0. The van der Waals surface area contributed by atoms with Gasteiger partial charge in [-0.1, -0.05) is 273 Å². The van der Waals surface area contributed by atoms with E-state index < -0.39 is 0 Å². The molecule has 0 fully saturated rings. The van der Waals surface area contributed by atoms with Gasteiger partial charge in [-0.3, -0.25) is 0 Å². The zero-order chi connectivity index (χ0) is 60.3. The van der Waals surface area contributed by atoms with E-state index in [1.165, 1.54) is 121 Å². The third-order valence-corrected chi connectivity index (χ3v) is 19.2. The smallest absolute Gasteiger partial charge is 0.202 e. The van der Waals surface area contributed by atoms with Gasteiger partial charge in [0.1, 0.15) is 6.07 Å². The summed E-state index contributed by atoms with van der Waals surface area (Å²) < 4.78 is 0. The predicted octanol–water partition coefficient (Wildman–Crippen LogP) is 24.8. The number of hydrogen-bond donors (Lipinski definition) is 0. The van der Waals surface area contributed by atoms with E-state index in [-0.39, 0.29) is 0 Å². The number of fused-ring (bicyclic) bond motifs is 12. The quantitative estimate of drug-likeness (QED) is 0.123. The zero-order valence-electron chi connectivity index (χ0n) is 49.3. The molecule has 0 aliphatic heterocycles. The van der Waals surface area contributed by atoms with Gasteiger partial charge in [-0.05, 0) is 195 Å². The van der Waals surface area contributed by atoms with Crippen LogP contribution >= 0.6 is 0 Å². The van der Waals surface area contributed by atoms with Crippen molar-refractivity contribution in [3.05, 3.63) is 326 Å². The second kappa shape index (κ2) is 20.6. The minimum atomic E-state index is 0.585. The molecule has 0 radical (unpaired) electrons. The van der Waals surface area contributed by atoms with Crippen molar-refractivity contribution >= 4 is 109 Å². The molecule has 3 heteroatoms. The highest BCUT2D eigenvalue weighted by Crippen LogP contribution is 2.55. The van der Waals surface area contributed by atoms with Crippen molar-refractivity contribution < 1.29 is 0 Å². The van der Waals surface area contributed by atoms with Gasteiger partial charge in [0, 0.05) is 16.8 Å². The zero-order valence-corrected chi connectivity index (χ0v) is 49.3. The van der Waals surface area contributed by atoms with E-state index in [4.69, 9.17) is 6.57 Å². The van der Waals surface area contributed by atoms with E-state index in [1.807, 2.05) is 36.4 Å². The fourth-order valence-electron chi connectivity index (χ4n) is 15.3. The van der Waals surface area contributed by atoms with Crippen LogP contribution in [0.2, 0.25) is 0 Å². The molecule has 0 bridgehead atoms. The Labute approximate surface area is 526 Å². The minimum Gasteiger partial charge on any atom is -0.310 e. The van der Waals surface area contributed by atoms with Gasteiger partial charge in [-0.2, -0.15) is 5.26 Å². The normalized spacial score (nSPS) is 11.7. The Balaban J connectivity index is 0.000000135. The molecule has 17 aromatic carbocycles. The van der Waals surface area contributed by atoms with Crippen LogP contribution in [0.1, 0.15) is 5.56 Å². The lowest BCUT2D eigenvalue weighted by atomic mass is 9.83. The number of para-hydroxylation sites is 1. The summed E-state index contributed by atoms with van der Waals surface area (Å²) in [5, 5.41) is 28.5. The van der Waals surface area contributed by atoms with E-state index in [0.29, 0.717) is 11.3 Å². The molecular formula is C88H51N3. The van der Waals surface area contributed by atoms with Crippen molar-refractivity contribution in [3.8, 4) is 84.0 Å².